The lowest BCUT2D eigenvalue weighted by molar-refractivity contribution is 0.623. The lowest BCUT2D eigenvalue weighted by Gasteiger charge is -2.12. The van der Waals surface area contributed by atoms with Gasteiger partial charge >= 0.3 is 0 Å². The molecule has 1 atom stereocenters. The van der Waals surface area contributed by atoms with Crippen molar-refractivity contribution in [2.75, 3.05) is 0 Å². The zero-order valence-electron chi connectivity index (χ0n) is 10.5. The van der Waals surface area contributed by atoms with E-state index >= 15 is 0 Å². The Balaban J connectivity index is 2.22. The Hall–Kier alpha value is -1.22. The third kappa shape index (κ3) is 3.16. The van der Waals surface area contributed by atoms with Crippen molar-refractivity contribution in [3.05, 3.63) is 64.7 Å². The summed E-state index contributed by atoms with van der Waals surface area (Å²) in [6.45, 7) is 3.94. The number of alkyl halides is 1. The van der Waals surface area contributed by atoms with Gasteiger partial charge in [0, 0.05) is 23.1 Å². The quantitative estimate of drug-likeness (QED) is 0.760. The number of hydrogen-bond donors (Lipinski definition) is 0. The van der Waals surface area contributed by atoms with Gasteiger partial charge in [-0.05, 0) is 48.7 Å². The fourth-order valence-corrected chi connectivity index (χ4v) is 2.54. The molecule has 0 fully saturated rings. The molecule has 1 heterocycles. The number of benzene rings is 1. The van der Waals surface area contributed by atoms with Crippen molar-refractivity contribution in [1.82, 2.24) is 4.98 Å². The van der Waals surface area contributed by atoms with Gasteiger partial charge in [0.2, 0.25) is 0 Å². The molecule has 0 amide bonds. The molecule has 0 aliphatic rings. The van der Waals surface area contributed by atoms with Crippen LogP contribution in [0.15, 0.2) is 36.5 Å². The summed E-state index contributed by atoms with van der Waals surface area (Å²) in [6, 6.07) is 9.08. The molecule has 2 aromatic rings. The van der Waals surface area contributed by atoms with Crippen LogP contribution in [0.2, 0.25) is 0 Å². The van der Waals surface area contributed by atoms with Gasteiger partial charge in [-0.3, -0.25) is 4.98 Å². The molecule has 0 bridgehead atoms. The number of aryl methyl sites for hydroxylation is 2. The highest BCUT2D eigenvalue weighted by Crippen LogP contribution is 2.28. The molecular weight excluding hydrogens is 293 g/mol. The van der Waals surface area contributed by atoms with Crippen LogP contribution < -0.4 is 0 Å². The normalized spacial score (nSPS) is 12.4. The van der Waals surface area contributed by atoms with Crippen molar-refractivity contribution in [3.63, 3.8) is 0 Å². The van der Waals surface area contributed by atoms with Crippen molar-refractivity contribution < 1.29 is 4.39 Å². The second-order valence-corrected chi connectivity index (χ2v) is 5.61. The topological polar surface area (TPSA) is 12.9 Å². The minimum atomic E-state index is -0.188. The van der Waals surface area contributed by atoms with Gasteiger partial charge in [-0.15, -0.1) is 0 Å². The molecular formula is C15H15BrFN. The molecule has 0 radical (unpaired) electrons. The number of nitrogens with zero attached hydrogens (tertiary/aromatic N) is 1. The fraction of sp³-hybridized carbons (Fsp3) is 0.267. The lowest BCUT2D eigenvalue weighted by Crippen LogP contribution is -2.01. The van der Waals surface area contributed by atoms with E-state index in [0.717, 1.165) is 28.8 Å². The number of rotatable bonds is 3. The minimum absolute atomic E-state index is 0.0838. The van der Waals surface area contributed by atoms with E-state index in [0.29, 0.717) is 0 Å². The molecule has 94 valence electrons. The summed E-state index contributed by atoms with van der Waals surface area (Å²) < 4.78 is 13.4. The Labute approximate surface area is 115 Å². The van der Waals surface area contributed by atoms with E-state index in [1.54, 1.807) is 12.3 Å². The van der Waals surface area contributed by atoms with E-state index in [1.165, 1.54) is 6.07 Å². The second-order valence-electron chi connectivity index (χ2n) is 4.50. The van der Waals surface area contributed by atoms with E-state index in [1.807, 2.05) is 32.0 Å². The molecule has 0 spiro atoms. The van der Waals surface area contributed by atoms with Crippen molar-refractivity contribution >= 4 is 15.9 Å². The summed E-state index contributed by atoms with van der Waals surface area (Å²) in [5.41, 5.74) is 4.10. The first-order chi connectivity index (χ1) is 8.56. The number of pyridine rings is 1. The zero-order chi connectivity index (χ0) is 13.1. The van der Waals surface area contributed by atoms with Crippen LogP contribution in [0, 0.1) is 19.7 Å². The molecule has 0 aliphatic carbocycles. The first-order valence-electron chi connectivity index (χ1n) is 5.88. The van der Waals surface area contributed by atoms with Gasteiger partial charge in [-0.2, -0.15) is 0 Å². The Bertz CT molecular complexity index is 534. The van der Waals surface area contributed by atoms with Gasteiger partial charge < -0.3 is 0 Å². The smallest absolute Gasteiger partial charge is 0.123 e. The van der Waals surface area contributed by atoms with E-state index < -0.39 is 0 Å². The maximum atomic E-state index is 13.4. The first-order valence-corrected chi connectivity index (χ1v) is 6.79. The summed E-state index contributed by atoms with van der Waals surface area (Å²) in [6.07, 6.45) is 2.55. The van der Waals surface area contributed by atoms with Gasteiger partial charge in [0.15, 0.2) is 0 Å². The average molecular weight is 308 g/mol. The van der Waals surface area contributed by atoms with Crippen LogP contribution in [-0.4, -0.2) is 4.98 Å². The predicted molar refractivity (Wildman–Crippen MR) is 75.5 cm³/mol. The van der Waals surface area contributed by atoms with Crippen molar-refractivity contribution in [1.29, 1.82) is 0 Å². The molecule has 1 unspecified atom stereocenters. The molecule has 3 heteroatoms. The van der Waals surface area contributed by atoms with Crippen LogP contribution in [0.4, 0.5) is 4.39 Å². The van der Waals surface area contributed by atoms with E-state index in [-0.39, 0.29) is 10.6 Å². The summed E-state index contributed by atoms with van der Waals surface area (Å²) >= 11 is 3.62. The third-order valence-corrected chi connectivity index (χ3v) is 3.77. The van der Waals surface area contributed by atoms with Crippen LogP contribution >= 0.6 is 15.9 Å². The summed E-state index contributed by atoms with van der Waals surface area (Å²) in [5, 5.41) is 0. The van der Waals surface area contributed by atoms with Crippen molar-refractivity contribution in [3.8, 4) is 0 Å². The van der Waals surface area contributed by atoms with E-state index in [4.69, 9.17) is 0 Å². The van der Waals surface area contributed by atoms with Crippen LogP contribution in [0.25, 0.3) is 0 Å². The van der Waals surface area contributed by atoms with Gasteiger partial charge in [0.05, 0.1) is 0 Å². The number of hydrogen-bond acceptors (Lipinski definition) is 1. The highest BCUT2D eigenvalue weighted by Gasteiger charge is 2.12. The molecule has 0 saturated heterocycles. The van der Waals surface area contributed by atoms with Crippen LogP contribution in [-0.2, 0) is 6.42 Å². The lowest BCUT2D eigenvalue weighted by atomic mass is 10.0. The van der Waals surface area contributed by atoms with E-state index in [9.17, 15) is 4.39 Å². The standard InChI is InChI=1S/C15H15BrFN/c1-10-6-12(8-13(17)7-10)14(16)9-15-11(2)4-3-5-18-15/h3-8,14H,9H2,1-2H3. The minimum Gasteiger partial charge on any atom is -0.261 e. The van der Waals surface area contributed by atoms with Gasteiger partial charge in [0.1, 0.15) is 5.82 Å². The van der Waals surface area contributed by atoms with Crippen molar-refractivity contribution in [2.45, 2.75) is 25.1 Å². The highest BCUT2D eigenvalue weighted by molar-refractivity contribution is 9.09. The fourth-order valence-electron chi connectivity index (χ4n) is 1.97. The SMILES string of the molecule is Cc1cc(F)cc(C(Br)Cc2ncccc2C)c1. The summed E-state index contributed by atoms with van der Waals surface area (Å²) in [7, 11) is 0. The van der Waals surface area contributed by atoms with Crippen LogP contribution in [0.5, 0.6) is 0 Å². The Morgan fingerprint density at radius 1 is 1.28 bits per heavy atom. The average Bonchev–Trinajstić information content (AvgIpc) is 2.31. The monoisotopic (exact) mass is 307 g/mol. The molecule has 0 N–H and O–H groups in total. The molecule has 1 nitrogen and oxygen atoms in total. The third-order valence-electron chi connectivity index (χ3n) is 2.92. The molecule has 0 aliphatic heterocycles. The van der Waals surface area contributed by atoms with E-state index in [2.05, 4.69) is 20.9 Å². The van der Waals surface area contributed by atoms with Gasteiger partial charge in [-0.1, -0.05) is 28.1 Å². The number of aromatic nitrogens is 1. The Kier molecular flexibility index (Phi) is 4.12. The van der Waals surface area contributed by atoms with Crippen LogP contribution in [0.1, 0.15) is 27.2 Å². The number of halogens is 2. The zero-order valence-corrected chi connectivity index (χ0v) is 12.0. The van der Waals surface area contributed by atoms with Crippen molar-refractivity contribution in [2.24, 2.45) is 0 Å². The molecule has 1 aromatic carbocycles. The maximum Gasteiger partial charge on any atom is 0.123 e. The predicted octanol–water partition coefficient (Wildman–Crippen LogP) is 4.52. The van der Waals surface area contributed by atoms with Gasteiger partial charge in [-0.25, -0.2) is 4.39 Å². The van der Waals surface area contributed by atoms with Gasteiger partial charge in [0.25, 0.3) is 0 Å². The largest absolute Gasteiger partial charge is 0.261 e. The first kappa shape index (κ1) is 13.2. The molecule has 1 aromatic heterocycles. The Morgan fingerprint density at radius 3 is 2.72 bits per heavy atom. The molecule has 2 rings (SSSR count). The second kappa shape index (κ2) is 5.61. The molecule has 18 heavy (non-hydrogen) atoms. The summed E-state index contributed by atoms with van der Waals surface area (Å²) in [4.78, 5) is 4.45. The Morgan fingerprint density at radius 2 is 2.06 bits per heavy atom. The summed E-state index contributed by atoms with van der Waals surface area (Å²) in [5.74, 6) is -0.188. The highest BCUT2D eigenvalue weighted by atomic mass is 79.9. The molecule has 0 saturated carbocycles. The maximum absolute atomic E-state index is 13.4. The van der Waals surface area contributed by atoms with Crippen LogP contribution in [0.3, 0.4) is 0 Å².